The van der Waals surface area contributed by atoms with Crippen LogP contribution in [0.25, 0.3) is 95.2 Å². The fraction of sp³-hybridized carbons (Fsp3) is 0.0508. The van der Waals surface area contributed by atoms with Crippen molar-refractivity contribution >= 4 is 38.8 Å². The lowest BCUT2D eigenvalue weighted by Crippen LogP contribution is -2.25. The number of hydrogen-bond donors (Lipinski definition) is 0. The van der Waals surface area contributed by atoms with Gasteiger partial charge in [0, 0.05) is 55.3 Å². The molecule has 1 atom stereocenters. The van der Waals surface area contributed by atoms with E-state index in [2.05, 4.69) is 204 Å². The third-order valence-corrected chi connectivity index (χ3v) is 13.0. The van der Waals surface area contributed by atoms with Gasteiger partial charge in [-0.3, -0.25) is 0 Å². The molecule has 0 amide bonds. The molecule has 4 nitrogen and oxygen atoms in total. The van der Waals surface area contributed by atoms with E-state index in [9.17, 15) is 0 Å². The smallest absolute Gasteiger partial charge is 0.160 e. The van der Waals surface area contributed by atoms with Crippen LogP contribution in [0.5, 0.6) is 0 Å². The second kappa shape index (κ2) is 14.8. The first-order valence-corrected chi connectivity index (χ1v) is 21.7. The van der Waals surface area contributed by atoms with E-state index in [0.717, 1.165) is 51.6 Å². The predicted octanol–water partition coefficient (Wildman–Crippen LogP) is 14.7. The summed E-state index contributed by atoms with van der Waals surface area (Å²) in [6.07, 6.45) is 5.70. The van der Waals surface area contributed by atoms with Crippen LogP contribution in [0.15, 0.2) is 218 Å². The third kappa shape index (κ3) is 6.30. The summed E-state index contributed by atoms with van der Waals surface area (Å²) in [5, 5.41) is 3.86. The van der Waals surface area contributed by atoms with Crippen LogP contribution < -0.4 is 0 Å². The number of fused-ring (bicyclic) bond motifs is 6. The van der Waals surface area contributed by atoms with E-state index in [4.69, 9.17) is 9.97 Å². The standard InChI is InChI=1S/C59H42N4/c1-59(45-31-34-50-48-21-11-13-23-54(48)63(57(50)37-45)46-19-9-4-10-20-46)36-35-56-51(39-59)49-22-12-14-24-55(49)62(56)47-32-29-41(30-33-47)40-25-27-43(28-26-40)53-38-52(42-15-5-2-6-16-42)60-58(61-53)44-17-7-3-8-18-44/h2-38H,39H2,1H3. The quantitative estimate of drug-likeness (QED) is 0.161. The molecule has 0 spiro atoms. The zero-order valence-corrected chi connectivity index (χ0v) is 34.9. The molecule has 0 fully saturated rings. The van der Waals surface area contributed by atoms with Gasteiger partial charge in [0.2, 0.25) is 0 Å². The molecule has 8 aromatic carbocycles. The predicted molar refractivity (Wildman–Crippen MR) is 261 cm³/mol. The van der Waals surface area contributed by atoms with Crippen LogP contribution in [-0.4, -0.2) is 19.1 Å². The molecule has 0 aliphatic heterocycles. The van der Waals surface area contributed by atoms with Crippen LogP contribution in [0.3, 0.4) is 0 Å². The van der Waals surface area contributed by atoms with E-state index in [1.54, 1.807) is 0 Å². The number of hydrogen-bond acceptors (Lipinski definition) is 2. The van der Waals surface area contributed by atoms with Crippen LogP contribution in [0.4, 0.5) is 0 Å². The Morgan fingerprint density at radius 1 is 0.413 bits per heavy atom. The van der Waals surface area contributed by atoms with Gasteiger partial charge in [0.05, 0.1) is 27.9 Å². The highest BCUT2D eigenvalue weighted by atomic mass is 15.0. The summed E-state index contributed by atoms with van der Waals surface area (Å²) in [7, 11) is 0. The van der Waals surface area contributed by atoms with Crippen molar-refractivity contribution in [2.24, 2.45) is 0 Å². The third-order valence-electron chi connectivity index (χ3n) is 13.0. The molecule has 12 rings (SSSR count). The number of aromatic nitrogens is 4. The number of para-hydroxylation sites is 3. The summed E-state index contributed by atoms with van der Waals surface area (Å²) in [4.78, 5) is 10.0. The van der Waals surface area contributed by atoms with Gasteiger partial charge in [0.25, 0.3) is 0 Å². The van der Waals surface area contributed by atoms with Crippen molar-refractivity contribution in [3.8, 4) is 56.4 Å². The maximum atomic E-state index is 5.04. The molecule has 1 aliphatic rings. The monoisotopic (exact) mass is 806 g/mol. The van der Waals surface area contributed by atoms with Gasteiger partial charge in [0.1, 0.15) is 0 Å². The molecule has 298 valence electrons. The van der Waals surface area contributed by atoms with Gasteiger partial charge in [-0.05, 0) is 83.3 Å². The first kappa shape index (κ1) is 36.7. The zero-order chi connectivity index (χ0) is 41.9. The number of nitrogens with zero attached hydrogens (tertiary/aromatic N) is 4. The van der Waals surface area contributed by atoms with Crippen LogP contribution in [0.2, 0.25) is 0 Å². The maximum Gasteiger partial charge on any atom is 0.160 e. The molecule has 0 saturated heterocycles. The Hall–Kier alpha value is -8.08. The van der Waals surface area contributed by atoms with Gasteiger partial charge in [0.15, 0.2) is 5.82 Å². The highest BCUT2D eigenvalue weighted by molar-refractivity contribution is 6.09. The van der Waals surface area contributed by atoms with E-state index in [1.165, 1.54) is 60.8 Å². The minimum Gasteiger partial charge on any atom is -0.310 e. The molecular weight excluding hydrogens is 765 g/mol. The lowest BCUT2D eigenvalue weighted by molar-refractivity contribution is 0.588. The van der Waals surface area contributed by atoms with Gasteiger partial charge in [-0.1, -0.05) is 177 Å². The second-order valence-electron chi connectivity index (χ2n) is 16.9. The molecule has 0 radical (unpaired) electrons. The summed E-state index contributed by atoms with van der Waals surface area (Å²) >= 11 is 0. The molecule has 0 saturated carbocycles. The summed E-state index contributed by atoms with van der Waals surface area (Å²) in [5.74, 6) is 0.718. The Morgan fingerprint density at radius 3 is 1.60 bits per heavy atom. The van der Waals surface area contributed by atoms with Gasteiger partial charge in [-0.2, -0.15) is 0 Å². The van der Waals surface area contributed by atoms with Crippen molar-refractivity contribution in [1.29, 1.82) is 0 Å². The molecule has 3 aromatic heterocycles. The summed E-state index contributed by atoms with van der Waals surface area (Å²) in [5.41, 5.74) is 17.0. The summed E-state index contributed by atoms with van der Waals surface area (Å²) < 4.78 is 4.86. The maximum absolute atomic E-state index is 5.04. The highest BCUT2D eigenvalue weighted by Gasteiger charge is 2.32. The Kier molecular flexibility index (Phi) is 8.65. The van der Waals surface area contributed by atoms with Gasteiger partial charge < -0.3 is 9.13 Å². The molecule has 63 heavy (non-hydrogen) atoms. The van der Waals surface area contributed by atoms with Gasteiger partial charge in [-0.25, -0.2) is 9.97 Å². The number of benzene rings is 8. The van der Waals surface area contributed by atoms with Gasteiger partial charge >= 0.3 is 0 Å². The second-order valence-corrected chi connectivity index (χ2v) is 16.9. The lowest BCUT2D eigenvalue weighted by Gasteiger charge is -2.31. The average molecular weight is 807 g/mol. The van der Waals surface area contributed by atoms with Crippen molar-refractivity contribution in [2.75, 3.05) is 0 Å². The normalized spacial score (nSPS) is 14.7. The zero-order valence-electron chi connectivity index (χ0n) is 34.9. The first-order valence-electron chi connectivity index (χ1n) is 21.7. The SMILES string of the molecule is CC1(c2ccc3c4ccccc4n(-c4ccccc4)c3c2)C=Cc2c(c3ccccc3n2-c2ccc(-c3ccc(-c4cc(-c5ccccc5)nc(-c5ccccc5)n4)cc3)cc2)C1. The van der Waals surface area contributed by atoms with Gasteiger partial charge in [-0.15, -0.1) is 0 Å². The topological polar surface area (TPSA) is 35.6 Å². The van der Waals surface area contributed by atoms with E-state index in [0.29, 0.717) is 0 Å². The molecule has 0 bridgehead atoms. The highest BCUT2D eigenvalue weighted by Crippen LogP contribution is 2.43. The molecule has 4 heteroatoms. The van der Waals surface area contributed by atoms with Crippen LogP contribution in [0.1, 0.15) is 23.7 Å². The molecule has 11 aromatic rings. The van der Waals surface area contributed by atoms with E-state index >= 15 is 0 Å². The van der Waals surface area contributed by atoms with Crippen molar-refractivity contribution in [3.05, 3.63) is 235 Å². The van der Waals surface area contributed by atoms with E-state index < -0.39 is 0 Å². The van der Waals surface area contributed by atoms with Crippen LogP contribution in [0, 0.1) is 0 Å². The van der Waals surface area contributed by atoms with Crippen LogP contribution >= 0.6 is 0 Å². The van der Waals surface area contributed by atoms with Crippen LogP contribution in [-0.2, 0) is 11.8 Å². The number of allylic oxidation sites excluding steroid dienone is 1. The molecule has 1 aliphatic carbocycles. The minimum atomic E-state index is -0.192. The molecule has 3 heterocycles. The minimum absolute atomic E-state index is 0.192. The Morgan fingerprint density at radius 2 is 0.921 bits per heavy atom. The molecule has 1 unspecified atom stereocenters. The van der Waals surface area contributed by atoms with Crippen molar-refractivity contribution in [2.45, 2.75) is 18.8 Å². The fourth-order valence-corrected chi connectivity index (χ4v) is 9.74. The Bertz CT molecular complexity index is 3450. The Balaban J connectivity index is 0.873. The number of rotatable bonds is 7. The summed E-state index contributed by atoms with van der Waals surface area (Å²) in [6.45, 7) is 2.39. The average Bonchev–Trinajstić information content (AvgIpc) is 3.87. The summed E-state index contributed by atoms with van der Waals surface area (Å²) in [6, 6.07) is 75.9. The molecular formula is C59H42N4. The molecule has 0 N–H and O–H groups in total. The van der Waals surface area contributed by atoms with Crippen molar-refractivity contribution in [1.82, 2.24) is 19.1 Å². The van der Waals surface area contributed by atoms with E-state index in [1.807, 2.05) is 36.4 Å². The van der Waals surface area contributed by atoms with Crippen molar-refractivity contribution in [3.63, 3.8) is 0 Å². The lowest BCUT2D eigenvalue weighted by atomic mass is 9.73. The van der Waals surface area contributed by atoms with Crippen molar-refractivity contribution < 1.29 is 0 Å². The first-order chi connectivity index (χ1) is 31.1. The largest absolute Gasteiger partial charge is 0.310 e. The van der Waals surface area contributed by atoms with E-state index in [-0.39, 0.29) is 5.41 Å². The Labute approximate surface area is 366 Å². The fourth-order valence-electron chi connectivity index (χ4n) is 9.74.